The van der Waals surface area contributed by atoms with Gasteiger partial charge in [-0.2, -0.15) is 8.78 Å². The van der Waals surface area contributed by atoms with Gasteiger partial charge in [-0.1, -0.05) is 103 Å². The Morgan fingerprint density at radius 2 is 1.22 bits per heavy atom. The summed E-state index contributed by atoms with van der Waals surface area (Å²) in [7, 11) is -5.08. The predicted octanol–water partition coefficient (Wildman–Crippen LogP) is 7.08. The average molecular weight is 506 g/mol. The van der Waals surface area contributed by atoms with Gasteiger partial charge in [-0.25, -0.2) is 4.57 Å². The zero-order valence-corrected chi connectivity index (χ0v) is 20.2. The third-order valence-electron chi connectivity index (χ3n) is 6.06. The van der Waals surface area contributed by atoms with Gasteiger partial charge in [0.2, 0.25) is 0 Å². The summed E-state index contributed by atoms with van der Waals surface area (Å²) < 4.78 is 41.7. The van der Waals surface area contributed by atoms with Crippen molar-refractivity contribution in [2.45, 2.75) is 24.4 Å². The quantitative estimate of drug-likeness (QED) is 0.184. The van der Waals surface area contributed by atoms with E-state index in [2.05, 4.69) is 4.52 Å². The zero-order valence-electron chi connectivity index (χ0n) is 19.3. The number of ketones is 1. The van der Waals surface area contributed by atoms with Crippen LogP contribution in [0.4, 0.5) is 8.78 Å². The molecule has 4 rings (SSSR count). The molecule has 36 heavy (non-hydrogen) atoms. The molecule has 1 N–H and O–H groups in total. The van der Waals surface area contributed by atoms with Crippen LogP contribution < -0.4 is 4.52 Å². The molecule has 7 heteroatoms. The van der Waals surface area contributed by atoms with Crippen molar-refractivity contribution < 1.29 is 27.6 Å². The molecular formula is C29H25F2O4P. The van der Waals surface area contributed by atoms with Gasteiger partial charge in [-0.05, 0) is 41.7 Å². The second-order valence-corrected chi connectivity index (χ2v) is 10.3. The molecule has 4 aromatic rings. The number of carbonyl (C=O) groups is 1. The van der Waals surface area contributed by atoms with E-state index in [9.17, 15) is 23.0 Å². The highest BCUT2D eigenvalue weighted by molar-refractivity contribution is 7.53. The fourth-order valence-corrected chi connectivity index (χ4v) is 4.84. The van der Waals surface area contributed by atoms with Gasteiger partial charge in [0.25, 0.3) is 0 Å². The molecule has 0 saturated carbocycles. The molecule has 0 spiro atoms. The number of Topliss-reactive ketones (excluding diaryl/α,β-unsaturated/α-hetero) is 1. The van der Waals surface area contributed by atoms with Crippen LogP contribution in [0.25, 0.3) is 0 Å². The van der Waals surface area contributed by atoms with Gasteiger partial charge in [-0.3, -0.25) is 4.79 Å². The molecule has 0 fully saturated rings. The molecule has 2 unspecified atom stereocenters. The summed E-state index contributed by atoms with van der Waals surface area (Å²) in [4.78, 5) is 23.6. The Morgan fingerprint density at radius 3 is 1.75 bits per heavy atom. The number of rotatable bonds is 10. The van der Waals surface area contributed by atoms with Gasteiger partial charge in [0.15, 0.2) is 5.78 Å². The molecule has 0 radical (unpaired) electrons. The maximum atomic E-state index is 14.2. The van der Waals surface area contributed by atoms with E-state index in [1.165, 1.54) is 12.1 Å². The van der Waals surface area contributed by atoms with E-state index in [4.69, 9.17) is 0 Å². The minimum atomic E-state index is -5.08. The lowest BCUT2D eigenvalue weighted by molar-refractivity contribution is 0.0880. The van der Waals surface area contributed by atoms with Crippen LogP contribution in [0, 0.1) is 0 Å². The first-order valence-corrected chi connectivity index (χ1v) is 13.0. The largest absolute Gasteiger partial charge is 0.442 e. The van der Waals surface area contributed by atoms with Gasteiger partial charge >= 0.3 is 13.8 Å². The predicted molar refractivity (Wildman–Crippen MR) is 136 cm³/mol. The van der Waals surface area contributed by atoms with Crippen molar-refractivity contribution in [3.63, 3.8) is 0 Å². The van der Waals surface area contributed by atoms with Crippen LogP contribution in [-0.2, 0) is 22.8 Å². The Morgan fingerprint density at radius 1 is 0.750 bits per heavy atom. The Kier molecular flexibility index (Phi) is 7.78. The second kappa shape index (κ2) is 11.0. The van der Waals surface area contributed by atoms with E-state index < -0.39 is 19.2 Å². The first-order chi connectivity index (χ1) is 17.3. The highest BCUT2D eigenvalue weighted by atomic mass is 31.2. The number of hydrogen-bond donors (Lipinski definition) is 1. The highest BCUT2D eigenvalue weighted by Gasteiger charge is 2.41. The molecule has 4 nitrogen and oxygen atoms in total. The molecule has 0 aliphatic rings. The fourth-order valence-electron chi connectivity index (χ4n) is 4.33. The molecule has 184 valence electrons. The van der Waals surface area contributed by atoms with E-state index in [0.29, 0.717) is 18.4 Å². The van der Waals surface area contributed by atoms with Crippen molar-refractivity contribution in [3.05, 3.63) is 138 Å². The van der Waals surface area contributed by atoms with E-state index in [1.54, 1.807) is 24.3 Å². The van der Waals surface area contributed by atoms with Gasteiger partial charge < -0.3 is 9.42 Å². The Balaban J connectivity index is 1.78. The summed E-state index contributed by atoms with van der Waals surface area (Å²) in [6, 6.07) is 34.4. The van der Waals surface area contributed by atoms with Crippen molar-refractivity contribution in [3.8, 4) is 5.75 Å². The molecule has 0 saturated heterocycles. The van der Waals surface area contributed by atoms with Crippen molar-refractivity contribution in [2.75, 3.05) is 0 Å². The monoisotopic (exact) mass is 506 g/mol. The van der Waals surface area contributed by atoms with E-state index in [1.807, 2.05) is 78.9 Å². The lowest BCUT2D eigenvalue weighted by atomic mass is 9.67. The number of alkyl halides is 2. The average Bonchev–Trinajstić information content (AvgIpc) is 2.90. The van der Waals surface area contributed by atoms with E-state index >= 15 is 0 Å². The molecule has 0 heterocycles. The summed E-state index contributed by atoms with van der Waals surface area (Å²) in [6.45, 7) is 0. The van der Waals surface area contributed by atoms with E-state index in [0.717, 1.165) is 16.7 Å². The maximum Gasteiger partial charge on any atom is 0.442 e. The number of carbonyl (C=O) groups excluding carboxylic acids is 1. The smallest absolute Gasteiger partial charge is 0.421 e. The van der Waals surface area contributed by atoms with Gasteiger partial charge in [0.1, 0.15) is 5.75 Å². The molecule has 0 bridgehead atoms. The normalized spacial score (nSPS) is 14.6. The van der Waals surface area contributed by atoms with Gasteiger partial charge in [0.05, 0.1) is 5.41 Å². The van der Waals surface area contributed by atoms with Crippen LogP contribution in [0.3, 0.4) is 0 Å². The fraction of sp³-hybridized carbons (Fsp3) is 0.138. The van der Waals surface area contributed by atoms with Gasteiger partial charge in [-0.15, -0.1) is 0 Å². The first-order valence-electron chi connectivity index (χ1n) is 11.4. The lowest BCUT2D eigenvalue weighted by Gasteiger charge is -2.34. The van der Waals surface area contributed by atoms with Crippen molar-refractivity contribution in [1.82, 2.24) is 0 Å². The van der Waals surface area contributed by atoms with Crippen LogP contribution in [0.15, 0.2) is 115 Å². The molecule has 4 aromatic carbocycles. The topological polar surface area (TPSA) is 63.6 Å². The standard InChI is InChI=1S/C29H25F2O4P/c30-28(31)36(33,34)35-26-18-16-23(17-19-26)21-29(25-14-8-3-9-15-25,20-22-10-4-1-5-11-22)27(32)24-12-6-2-7-13-24/h1-19,28H,20-21H2,(H,33,34). The SMILES string of the molecule is O=C(c1ccccc1)C(Cc1ccccc1)(Cc1ccc(OP(=O)(O)C(F)F)cc1)c1ccccc1. The van der Waals surface area contributed by atoms with Crippen LogP contribution in [0.1, 0.15) is 27.0 Å². The third kappa shape index (κ3) is 5.78. The lowest BCUT2D eigenvalue weighted by Crippen LogP contribution is -2.40. The Hall–Kier alpha value is -3.60. The number of benzene rings is 4. The minimum absolute atomic E-state index is 0.0453. The zero-order chi connectivity index (χ0) is 25.6. The Labute approximate surface area is 208 Å². The summed E-state index contributed by atoms with van der Waals surface area (Å²) >= 11 is 0. The molecule has 0 aromatic heterocycles. The minimum Gasteiger partial charge on any atom is -0.421 e. The molecule has 2 atom stereocenters. The van der Waals surface area contributed by atoms with Crippen LogP contribution >= 0.6 is 7.60 Å². The number of halogens is 2. The summed E-state index contributed by atoms with van der Waals surface area (Å²) in [6.07, 6.45) is -2.76. The van der Waals surface area contributed by atoms with Crippen molar-refractivity contribution >= 4 is 13.4 Å². The Bertz CT molecular complexity index is 1330. The van der Waals surface area contributed by atoms with Gasteiger partial charge in [0, 0.05) is 5.56 Å². The van der Waals surface area contributed by atoms with Crippen LogP contribution in [-0.4, -0.2) is 16.8 Å². The molecule has 0 amide bonds. The third-order valence-corrected chi connectivity index (χ3v) is 7.02. The second-order valence-electron chi connectivity index (χ2n) is 8.56. The van der Waals surface area contributed by atoms with E-state index in [-0.39, 0.29) is 11.5 Å². The van der Waals surface area contributed by atoms with Crippen LogP contribution in [0.2, 0.25) is 0 Å². The molecule has 0 aliphatic carbocycles. The molecule has 0 aliphatic heterocycles. The first kappa shape index (κ1) is 25.5. The maximum absolute atomic E-state index is 14.2. The molecular weight excluding hydrogens is 481 g/mol. The number of hydrogen-bond acceptors (Lipinski definition) is 3. The summed E-state index contributed by atoms with van der Waals surface area (Å²) in [5.41, 5.74) is 2.19. The van der Waals surface area contributed by atoms with Crippen LogP contribution in [0.5, 0.6) is 5.75 Å². The van der Waals surface area contributed by atoms with Crippen molar-refractivity contribution in [1.29, 1.82) is 0 Å². The summed E-state index contributed by atoms with van der Waals surface area (Å²) in [5.74, 6) is -0.191. The summed E-state index contributed by atoms with van der Waals surface area (Å²) in [5, 5.41) is 0. The van der Waals surface area contributed by atoms with Crippen molar-refractivity contribution in [2.24, 2.45) is 0 Å². The highest BCUT2D eigenvalue weighted by Crippen LogP contribution is 2.49.